The molecule has 0 fully saturated rings. The van der Waals surface area contributed by atoms with Crippen LogP contribution in [0.5, 0.6) is 0 Å². The fourth-order valence-electron chi connectivity index (χ4n) is 0.974. The molecular weight excluding hydrogens is 222 g/mol. The first-order chi connectivity index (χ1) is 6.95. The Kier molecular flexibility index (Phi) is 6.21. The minimum absolute atomic E-state index is 0.177. The van der Waals surface area contributed by atoms with E-state index in [0.29, 0.717) is 6.42 Å². The van der Waals surface area contributed by atoms with Gasteiger partial charge in [0.05, 0.1) is 7.11 Å². The van der Waals surface area contributed by atoms with Gasteiger partial charge >= 0.3 is 16.3 Å². The predicted octanol–water partition coefficient (Wildman–Crippen LogP) is -0.696. The Morgan fingerprint density at radius 3 is 2.53 bits per heavy atom. The lowest BCUT2D eigenvalue weighted by atomic mass is 10.2. The molecule has 0 radical (unpaired) electrons. The molecule has 8 heteroatoms. The first-order valence-electron chi connectivity index (χ1n) is 4.53. The average molecular weight is 239 g/mol. The smallest absolute Gasteiger partial charge is 0.421 e. The van der Waals surface area contributed by atoms with Gasteiger partial charge < -0.3 is 10.5 Å². The number of amides is 1. The molecule has 1 amide bonds. The van der Waals surface area contributed by atoms with Gasteiger partial charge in [0.25, 0.3) is 0 Å². The quantitative estimate of drug-likeness (QED) is 0.568. The van der Waals surface area contributed by atoms with Crippen LogP contribution in [0.15, 0.2) is 0 Å². The van der Waals surface area contributed by atoms with Crippen molar-refractivity contribution in [3.05, 3.63) is 0 Å². The maximum Gasteiger partial charge on any atom is 0.421 e. The summed E-state index contributed by atoms with van der Waals surface area (Å²) >= 11 is 0. The van der Waals surface area contributed by atoms with Crippen LogP contribution in [0, 0.1) is 0 Å². The zero-order chi connectivity index (χ0) is 11.9. The number of carbonyl (C=O) groups is 1. The Labute approximate surface area is 89.5 Å². The standard InChI is InChI=1S/C7H17N3O4S/c1-3-4-6(5-8)9-15(12,13)10-7(11)14-2/h6,9H,3-5,8H2,1-2H3,(H,10,11). The highest BCUT2D eigenvalue weighted by Gasteiger charge is 2.18. The second-order valence-electron chi connectivity index (χ2n) is 2.94. The van der Waals surface area contributed by atoms with E-state index < -0.39 is 16.3 Å². The molecule has 0 aromatic heterocycles. The van der Waals surface area contributed by atoms with Crippen molar-refractivity contribution in [3.63, 3.8) is 0 Å². The minimum atomic E-state index is -3.88. The molecule has 0 aliphatic carbocycles. The van der Waals surface area contributed by atoms with E-state index in [9.17, 15) is 13.2 Å². The first kappa shape index (κ1) is 14.1. The second kappa shape index (κ2) is 6.59. The Hall–Kier alpha value is -0.860. The van der Waals surface area contributed by atoms with Gasteiger partial charge in [0.1, 0.15) is 0 Å². The van der Waals surface area contributed by atoms with Gasteiger partial charge in [-0.15, -0.1) is 0 Å². The highest BCUT2D eigenvalue weighted by molar-refractivity contribution is 7.88. The Bertz CT molecular complexity index is 291. The summed E-state index contributed by atoms with van der Waals surface area (Å²) in [6.45, 7) is 2.08. The third-order valence-corrected chi connectivity index (χ3v) is 2.73. The Morgan fingerprint density at radius 2 is 2.13 bits per heavy atom. The van der Waals surface area contributed by atoms with Crippen LogP contribution in [-0.4, -0.2) is 34.2 Å². The summed E-state index contributed by atoms with van der Waals surface area (Å²) in [5.41, 5.74) is 5.36. The number of hydrogen-bond acceptors (Lipinski definition) is 5. The van der Waals surface area contributed by atoms with Crippen molar-refractivity contribution in [2.45, 2.75) is 25.8 Å². The molecule has 0 rings (SSSR count). The van der Waals surface area contributed by atoms with Crippen molar-refractivity contribution in [3.8, 4) is 0 Å². The van der Waals surface area contributed by atoms with Gasteiger partial charge in [0, 0.05) is 12.6 Å². The van der Waals surface area contributed by atoms with Crippen LogP contribution in [0.1, 0.15) is 19.8 Å². The van der Waals surface area contributed by atoms with Crippen LogP contribution in [-0.2, 0) is 14.9 Å². The highest BCUT2D eigenvalue weighted by Crippen LogP contribution is 1.96. The molecule has 0 saturated carbocycles. The van der Waals surface area contributed by atoms with E-state index in [2.05, 4.69) is 9.46 Å². The molecule has 0 spiro atoms. The van der Waals surface area contributed by atoms with Crippen LogP contribution >= 0.6 is 0 Å². The van der Waals surface area contributed by atoms with Gasteiger partial charge in [-0.2, -0.15) is 13.1 Å². The van der Waals surface area contributed by atoms with E-state index >= 15 is 0 Å². The molecule has 0 aliphatic rings. The van der Waals surface area contributed by atoms with E-state index in [1.165, 1.54) is 0 Å². The van der Waals surface area contributed by atoms with Crippen molar-refractivity contribution >= 4 is 16.3 Å². The number of nitrogens with one attached hydrogen (secondary N) is 2. The number of rotatable bonds is 6. The molecular formula is C7H17N3O4S. The molecule has 90 valence electrons. The number of carbonyl (C=O) groups excluding carboxylic acids is 1. The molecule has 1 unspecified atom stereocenters. The van der Waals surface area contributed by atoms with Crippen molar-refractivity contribution in [1.29, 1.82) is 0 Å². The highest BCUT2D eigenvalue weighted by atomic mass is 32.2. The summed E-state index contributed by atoms with van der Waals surface area (Å²) in [4.78, 5) is 10.7. The summed E-state index contributed by atoms with van der Waals surface area (Å²) in [7, 11) is -2.80. The van der Waals surface area contributed by atoms with Crippen LogP contribution < -0.4 is 15.2 Å². The zero-order valence-electron chi connectivity index (χ0n) is 8.82. The van der Waals surface area contributed by atoms with Crippen molar-refractivity contribution in [2.75, 3.05) is 13.7 Å². The normalized spacial score (nSPS) is 13.3. The van der Waals surface area contributed by atoms with E-state index in [0.717, 1.165) is 13.5 Å². The Morgan fingerprint density at radius 1 is 1.53 bits per heavy atom. The molecule has 0 heterocycles. The van der Waals surface area contributed by atoms with Crippen LogP contribution in [0.2, 0.25) is 0 Å². The zero-order valence-corrected chi connectivity index (χ0v) is 9.63. The van der Waals surface area contributed by atoms with Gasteiger partial charge in [0.2, 0.25) is 0 Å². The topological polar surface area (TPSA) is 111 Å². The monoisotopic (exact) mass is 239 g/mol. The lowest BCUT2D eigenvalue weighted by molar-refractivity contribution is 0.177. The third-order valence-electron chi connectivity index (χ3n) is 1.65. The average Bonchev–Trinajstić information content (AvgIpc) is 2.15. The van der Waals surface area contributed by atoms with E-state index in [1.807, 2.05) is 6.92 Å². The first-order valence-corrected chi connectivity index (χ1v) is 6.01. The van der Waals surface area contributed by atoms with Crippen molar-refractivity contribution < 1.29 is 17.9 Å². The molecule has 0 bridgehead atoms. The molecule has 15 heavy (non-hydrogen) atoms. The van der Waals surface area contributed by atoms with Gasteiger partial charge in [-0.05, 0) is 6.42 Å². The fraction of sp³-hybridized carbons (Fsp3) is 0.857. The second-order valence-corrected chi connectivity index (χ2v) is 4.38. The maximum atomic E-state index is 11.3. The number of ether oxygens (including phenoxy) is 1. The molecule has 0 aromatic rings. The lowest BCUT2D eigenvalue weighted by Gasteiger charge is -2.15. The van der Waals surface area contributed by atoms with Gasteiger partial charge in [-0.1, -0.05) is 13.3 Å². The summed E-state index contributed by atoms with van der Waals surface area (Å²) in [6.07, 6.45) is 0.371. The number of hydrogen-bond donors (Lipinski definition) is 3. The third kappa shape index (κ3) is 6.26. The van der Waals surface area contributed by atoms with Crippen LogP contribution in [0.3, 0.4) is 0 Å². The molecule has 7 nitrogen and oxygen atoms in total. The Balaban J connectivity index is 4.28. The van der Waals surface area contributed by atoms with Crippen molar-refractivity contribution in [1.82, 2.24) is 9.44 Å². The van der Waals surface area contributed by atoms with Crippen molar-refractivity contribution in [2.24, 2.45) is 5.73 Å². The predicted molar refractivity (Wildman–Crippen MR) is 55.3 cm³/mol. The number of methoxy groups -OCH3 is 1. The molecule has 0 aromatic carbocycles. The van der Waals surface area contributed by atoms with E-state index in [1.54, 1.807) is 4.72 Å². The summed E-state index contributed by atoms with van der Waals surface area (Å²) in [5, 5.41) is 0. The lowest BCUT2D eigenvalue weighted by Crippen LogP contribution is -2.47. The summed E-state index contributed by atoms with van der Waals surface area (Å²) in [5.74, 6) is 0. The largest absolute Gasteiger partial charge is 0.452 e. The molecule has 1 atom stereocenters. The maximum absolute atomic E-state index is 11.3. The molecule has 0 aliphatic heterocycles. The van der Waals surface area contributed by atoms with Gasteiger partial charge in [-0.3, -0.25) is 0 Å². The number of nitrogens with two attached hydrogens (primary N) is 1. The fourth-order valence-corrected chi connectivity index (χ4v) is 1.99. The van der Waals surface area contributed by atoms with Crippen LogP contribution in [0.25, 0.3) is 0 Å². The van der Waals surface area contributed by atoms with E-state index in [4.69, 9.17) is 5.73 Å². The molecule has 4 N–H and O–H groups in total. The summed E-state index contributed by atoms with van der Waals surface area (Å²) in [6, 6.07) is -0.378. The molecule has 0 saturated heterocycles. The van der Waals surface area contributed by atoms with Gasteiger partial charge in [0.15, 0.2) is 0 Å². The van der Waals surface area contributed by atoms with Crippen LogP contribution in [0.4, 0.5) is 4.79 Å². The summed E-state index contributed by atoms with van der Waals surface area (Å²) < 4.78 is 30.6. The minimum Gasteiger partial charge on any atom is -0.452 e. The SMILES string of the molecule is CCCC(CN)NS(=O)(=O)NC(=O)OC. The van der Waals surface area contributed by atoms with E-state index in [-0.39, 0.29) is 12.6 Å². The van der Waals surface area contributed by atoms with Gasteiger partial charge in [-0.25, -0.2) is 9.52 Å².